The van der Waals surface area contributed by atoms with Gasteiger partial charge in [0.15, 0.2) is 28.8 Å². The molecule has 3 aliphatic rings. The first-order chi connectivity index (χ1) is 24.7. The van der Waals surface area contributed by atoms with Gasteiger partial charge in [-0.05, 0) is 35.4 Å². The number of carbonyl (C=O) groups is 1. The molecule has 1 fully saturated rings. The van der Waals surface area contributed by atoms with Gasteiger partial charge in [0, 0.05) is 41.7 Å². The lowest BCUT2D eigenvalue weighted by Crippen LogP contribution is -2.60. The lowest BCUT2D eigenvalue weighted by Gasteiger charge is -2.41. The first-order valence-corrected chi connectivity index (χ1v) is 16.1. The second kappa shape index (κ2) is 13.2. The number of carbonyl (C=O) groups excluding carboxylic acids is 1. The number of hydrogen-bond donors (Lipinski definition) is 11. The number of aliphatic hydroxyl groups excluding tert-OH is 4. The molecule has 3 heterocycles. The molecule has 16 heteroatoms. The van der Waals surface area contributed by atoms with E-state index in [1.165, 1.54) is 42.5 Å². The number of rotatable bonds is 6. The molecule has 4 aromatic rings. The van der Waals surface area contributed by atoms with Gasteiger partial charge in [-0.2, -0.15) is 0 Å². The van der Waals surface area contributed by atoms with Gasteiger partial charge in [0.25, 0.3) is 0 Å². The fourth-order valence-electron chi connectivity index (χ4n) is 6.91. The zero-order chi connectivity index (χ0) is 37.2. The quantitative estimate of drug-likeness (QED) is 0.127. The van der Waals surface area contributed by atoms with E-state index in [-0.39, 0.29) is 52.3 Å². The minimum absolute atomic E-state index is 0.0585. The van der Waals surface area contributed by atoms with Gasteiger partial charge in [0.1, 0.15) is 76.7 Å². The van der Waals surface area contributed by atoms with E-state index in [0.29, 0.717) is 5.56 Å². The van der Waals surface area contributed by atoms with Crippen molar-refractivity contribution in [3.8, 4) is 57.5 Å². The number of ketones is 1. The Balaban J connectivity index is 1.40. The summed E-state index contributed by atoms with van der Waals surface area (Å²) >= 11 is 0. The number of phenolic OH excluding ortho intramolecular Hbond substituents is 7. The van der Waals surface area contributed by atoms with Gasteiger partial charge < -0.3 is 75.1 Å². The summed E-state index contributed by atoms with van der Waals surface area (Å²) < 4.78 is 24.1. The maximum atomic E-state index is 13.6. The molecule has 0 aliphatic carbocycles. The average molecular weight is 723 g/mol. The Kier molecular flexibility index (Phi) is 8.80. The third-order valence-electron chi connectivity index (χ3n) is 9.53. The summed E-state index contributed by atoms with van der Waals surface area (Å²) in [5, 5.41) is 115. The molecule has 0 bridgehead atoms. The number of aliphatic hydroxyl groups is 4. The van der Waals surface area contributed by atoms with Crippen molar-refractivity contribution >= 4 is 5.78 Å². The fraction of sp³-hybridized carbons (Fsp3) is 0.306. The Morgan fingerprint density at radius 3 is 1.96 bits per heavy atom. The molecule has 0 spiro atoms. The second-order valence-electron chi connectivity index (χ2n) is 12.8. The zero-order valence-electron chi connectivity index (χ0n) is 26.9. The van der Waals surface area contributed by atoms with Crippen LogP contribution in [-0.2, 0) is 4.74 Å². The summed E-state index contributed by atoms with van der Waals surface area (Å²) in [6, 6.07) is 11.1. The maximum absolute atomic E-state index is 13.6. The predicted molar refractivity (Wildman–Crippen MR) is 174 cm³/mol. The molecule has 0 aromatic heterocycles. The molecule has 52 heavy (non-hydrogen) atoms. The second-order valence-corrected chi connectivity index (χ2v) is 12.8. The molecular weight excluding hydrogens is 688 g/mol. The lowest BCUT2D eigenvalue weighted by molar-refractivity contribution is -0.277. The van der Waals surface area contributed by atoms with Crippen LogP contribution in [0.5, 0.6) is 57.5 Å². The topological polar surface area (TPSA) is 277 Å². The van der Waals surface area contributed by atoms with E-state index < -0.39 is 101 Å². The third-order valence-corrected chi connectivity index (χ3v) is 9.53. The Labute approximate surface area is 293 Å². The van der Waals surface area contributed by atoms with Crippen LogP contribution in [0.1, 0.15) is 63.6 Å². The molecule has 1 saturated heterocycles. The molecule has 8 atom stereocenters. The zero-order valence-corrected chi connectivity index (χ0v) is 26.9. The summed E-state index contributed by atoms with van der Waals surface area (Å²) in [5.74, 6) is -5.56. The molecule has 16 nitrogen and oxygen atoms in total. The molecule has 0 amide bonds. The van der Waals surface area contributed by atoms with E-state index in [1.807, 2.05) is 0 Å². The van der Waals surface area contributed by atoms with Crippen molar-refractivity contribution in [1.82, 2.24) is 0 Å². The van der Waals surface area contributed by atoms with Crippen LogP contribution in [0.4, 0.5) is 0 Å². The van der Waals surface area contributed by atoms with Crippen LogP contribution in [-0.4, -0.2) is 99.3 Å². The Bertz CT molecular complexity index is 2050. The Morgan fingerprint density at radius 2 is 1.33 bits per heavy atom. The van der Waals surface area contributed by atoms with Crippen molar-refractivity contribution in [2.45, 2.75) is 61.7 Å². The third kappa shape index (κ3) is 5.95. The number of aromatic hydroxyl groups is 7. The van der Waals surface area contributed by atoms with E-state index in [2.05, 4.69) is 0 Å². The SMILES string of the molecule is O=C1CC(c2ccc(O)c(O)c2)Oc2c1c(O)cc(O)c2C1CC(c2ccc(O)c(O)c2)Oc2cc(O)cc(OC3OC(CO)C(O)C(O)C3O)c21. The highest BCUT2D eigenvalue weighted by atomic mass is 16.7. The van der Waals surface area contributed by atoms with Crippen LogP contribution in [0, 0.1) is 0 Å². The van der Waals surface area contributed by atoms with E-state index in [0.717, 1.165) is 12.1 Å². The van der Waals surface area contributed by atoms with E-state index >= 15 is 0 Å². The molecule has 274 valence electrons. The lowest BCUT2D eigenvalue weighted by atomic mass is 9.79. The molecular formula is C36H34O16. The number of benzene rings is 4. The van der Waals surface area contributed by atoms with Crippen molar-refractivity contribution in [2.24, 2.45) is 0 Å². The van der Waals surface area contributed by atoms with Gasteiger partial charge in [-0.1, -0.05) is 12.1 Å². The molecule has 7 rings (SSSR count). The van der Waals surface area contributed by atoms with Crippen LogP contribution < -0.4 is 14.2 Å². The van der Waals surface area contributed by atoms with Crippen LogP contribution in [0.3, 0.4) is 0 Å². The molecule has 8 unspecified atom stereocenters. The van der Waals surface area contributed by atoms with Gasteiger partial charge in [-0.15, -0.1) is 0 Å². The largest absolute Gasteiger partial charge is 0.508 e. The smallest absolute Gasteiger partial charge is 0.229 e. The van der Waals surface area contributed by atoms with Crippen LogP contribution in [0.25, 0.3) is 0 Å². The first-order valence-electron chi connectivity index (χ1n) is 16.1. The first kappa shape index (κ1) is 34.8. The maximum Gasteiger partial charge on any atom is 0.229 e. The Hall–Kier alpha value is -5.65. The van der Waals surface area contributed by atoms with Crippen molar-refractivity contribution in [1.29, 1.82) is 0 Å². The predicted octanol–water partition coefficient (Wildman–Crippen LogP) is 2.17. The summed E-state index contributed by atoms with van der Waals surface area (Å²) in [4.78, 5) is 13.6. The van der Waals surface area contributed by atoms with Crippen LogP contribution in [0.15, 0.2) is 54.6 Å². The van der Waals surface area contributed by atoms with Crippen molar-refractivity contribution < 1.29 is 79.9 Å². The highest BCUT2D eigenvalue weighted by Crippen LogP contribution is 2.57. The van der Waals surface area contributed by atoms with E-state index in [9.17, 15) is 61.0 Å². The Morgan fingerprint density at radius 1 is 0.673 bits per heavy atom. The summed E-state index contributed by atoms with van der Waals surface area (Å²) in [5.41, 5.74) is 0.388. The van der Waals surface area contributed by atoms with E-state index in [1.54, 1.807) is 0 Å². The van der Waals surface area contributed by atoms with Gasteiger partial charge in [0.05, 0.1) is 13.0 Å². The summed E-state index contributed by atoms with van der Waals surface area (Å²) in [6.07, 6.45) is -10.9. The average Bonchev–Trinajstić information content (AvgIpc) is 3.10. The van der Waals surface area contributed by atoms with Crippen LogP contribution >= 0.6 is 0 Å². The van der Waals surface area contributed by atoms with Gasteiger partial charge in [-0.3, -0.25) is 4.79 Å². The summed E-state index contributed by atoms with van der Waals surface area (Å²) in [7, 11) is 0. The fourth-order valence-corrected chi connectivity index (χ4v) is 6.91. The van der Waals surface area contributed by atoms with Crippen molar-refractivity contribution in [3.63, 3.8) is 0 Å². The number of Topliss-reactive ketones (excluding diaryl/α,β-unsaturated/α-hetero) is 1. The molecule has 0 saturated carbocycles. The number of phenols is 7. The van der Waals surface area contributed by atoms with Gasteiger partial charge in [-0.25, -0.2) is 0 Å². The number of hydrogen-bond acceptors (Lipinski definition) is 16. The molecule has 4 aromatic carbocycles. The molecule has 11 N–H and O–H groups in total. The minimum Gasteiger partial charge on any atom is -0.508 e. The summed E-state index contributed by atoms with van der Waals surface area (Å²) in [6.45, 7) is -0.755. The molecule has 0 radical (unpaired) electrons. The van der Waals surface area contributed by atoms with Crippen LogP contribution in [0.2, 0.25) is 0 Å². The number of fused-ring (bicyclic) bond motifs is 2. The standard InChI is InChI=1S/C36H34O16/c37-12-28-32(46)33(47)34(48)36(52-28)51-27-8-15(38)7-26-30(27)16(9-24(49-26)13-1-3-17(39)19(41)5-13)29-21(43)10-22(44)31-23(45)11-25(50-35(29)31)14-2-4-18(40)20(42)6-14/h1-8,10,16,24-25,28,32-34,36-44,46-48H,9,11-12H2. The normalized spacial score (nSPS) is 26.8. The monoisotopic (exact) mass is 722 g/mol. The molecule has 3 aliphatic heterocycles. The minimum atomic E-state index is -1.86. The van der Waals surface area contributed by atoms with E-state index in [4.69, 9.17) is 18.9 Å². The van der Waals surface area contributed by atoms with Crippen molar-refractivity contribution in [3.05, 3.63) is 82.4 Å². The van der Waals surface area contributed by atoms with Crippen molar-refractivity contribution in [2.75, 3.05) is 6.61 Å². The highest BCUT2D eigenvalue weighted by molar-refractivity contribution is 6.03. The number of ether oxygens (including phenoxy) is 4. The highest BCUT2D eigenvalue weighted by Gasteiger charge is 2.46. The van der Waals surface area contributed by atoms with Gasteiger partial charge >= 0.3 is 0 Å². The van der Waals surface area contributed by atoms with Gasteiger partial charge in [0.2, 0.25) is 6.29 Å².